The molecule has 1 saturated heterocycles. The number of benzene rings is 1. The van der Waals surface area contributed by atoms with Crippen molar-refractivity contribution in [1.82, 2.24) is 15.3 Å². The van der Waals surface area contributed by atoms with E-state index in [4.69, 9.17) is 4.74 Å². The van der Waals surface area contributed by atoms with Crippen molar-refractivity contribution in [2.75, 3.05) is 36.5 Å². The van der Waals surface area contributed by atoms with Gasteiger partial charge in [-0.05, 0) is 57.2 Å². The second kappa shape index (κ2) is 10.2. The van der Waals surface area contributed by atoms with Gasteiger partial charge < -0.3 is 20.3 Å². The van der Waals surface area contributed by atoms with Gasteiger partial charge in [-0.15, -0.1) is 11.3 Å². The molecule has 8 nitrogen and oxygen atoms in total. The zero-order valence-electron chi connectivity index (χ0n) is 19.2. The molecule has 1 aromatic carbocycles. The number of aryl methyl sites for hydroxylation is 2. The molecule has 9 heteroatoms. The zero-order valence-corrected chi connectivity index (χ0v) is 20.0. The van der Waals surface area contributed by atoms with Crippen molar-refractivity contribution >= 4 is 45.1 Å². The summed E-state index contributed by atoms with van der Waals surface area (Å²) in [4.78, 5) is 37.3. The summed E-state index contributed by atoms with van der Waals surface area (Å²) in [5, 5.41) is 6.79. The smallest absolute Gasteiger partial charge is 0.348 e. The molecule has 3 heterocycles. The van der Waals surface area contributed by atoms with Crippen LogP contribution < -0.4 is 15.5 Å². The first-order valence-electron chi connectivity index (χ1n) is 11.2. The minimum absolute atomic E-state index is 0.201. The topological polar surface area (TPSA) is 96.4 Å². The van der Waals surface area contributed by atoms with Crippen LogP contribution in [0, 0.1) is 19.8 Å². The van der Waals surface area contributed by atoms with Gasteiger partial charge in [0.25, 0.3) is 0 Å². The number of carbonyl (C=O) groups is 2. The van der Waals surface area contributed by atoms with Crippen molar-refractivity contribution in [3.8, 4) is 0 Å². The summed E-state index contributed by atoms with van der Waals surface area (Å²) < 4.78 is 5.21. The van der Waals surface area contributed by atoms with Crippen LogP contribution in [-0.2, 0) is 4.74 Å². The Morgan fingerprint density at radius 3 is 2.76 bits per heavy atom. The minimum atomic E-state index is -0.316. The molecule has 1 atom stereocenters. The summed E-state index contributed by atoms with van der Waals surface area (Å²) in [7, 11) is 0. The number of esters is 1. The number of rotatable bonds is 6. The Bertz CT molecular complexity index is 1140. The van der Waals surface area contributed by atoms with Crippen molar-refractivity contribution in [3.63, 3.8) is 0 Å². The standard InChI is InChI=1S/C24H29N5O3S/c1-4-32-23(30)20-16(3)19-21(26-14-27-22(19)33-20)29-11-5-6-17(13-29)12-25-24(31)28-18-9-7-15(2)8-10-18/h7-10,14,17H,4-6,11-13H2,1-3H3,(H2,25,28,31). The molecule has 1 unspecified atom stereocenters. The lowest BCUT2D eigenvalue weighted by molar-refractivity contribution is 0.0531. The lowest BCUT2D eigenvalue weighted by Crippen LogP contribution is -2.42. The minimum Gasteiger partial charge on any atom is -0.462 e. The molecular formula is C24H29N5O3S. The van der Waals surface area contributed by atoms with E-state index in [0.29, 0.717) is 23.9 Å². The van der Waals surface area contributed by atoms with E-state index in [-0.39, 0.29) is 12.0 Å². The van der Waals surface area contributed by atoms with Gasteiger partial charge in [-0.25, -0.2) is 19.6 Å². The molecule has 4 rings (SSSR count). The maximum Gasteiger partial charge on any atom is 0.348 e. The summed E-state index contributed by atoms with van der Waals surface area (Å²) >= 11 is 1.35. The van der Waals surface area contributed by atoms with Crippen molar-refractivity contribution in [1.29, 1.82) is 0 Å². The Hall–Kier alpha value is -3.20. The van der Waals surface area contributed by atoms with Gasteiger partial charge in [0.15, 0.2) is 0 Å². The van der Waals surface area contributed by atoms with Gasteiger partial charge in [-0.3, -0.25) is 0 Å². The molecule has 1 fully saturated rings. The van der Waals surface area contributed by atoms with Crippen LogP contribution in [0.3, 0.4) is 0 Å². The Kier molecular flexibility index (Phi) is 7.08. The fourth-order valence-electron chi connectivity index (χ4n) is 4.16. The van der Waals surface area contributed by atoms with Gasteiger partial charge in [-0.1, -0.05) is 17.7 Å². The van der Waals surface area contributed by atoms with Gasteiger partial charge in [0.2, 0.25) is 0 Å². The number of urea groups is 1. The molecule has 0 aliphatic carbocycles. The Labute approximate surface area is 197 Å². The van der Waals surface area contributed by atoms with Gasteiger partial charge in [0.05, 0.1) is 12.0 Å². The van der Waals surface area contributed by atoms with E-state index >= 15 is 0 Å². The number of anilines is 2. The quantitative estimate of drug-likeness (QED) is 0.518. The van der Waals surface area contributed by atoms with Crippen LogP contribution in [0.1, 0.15) is 40.6 Å². The second-order valence-corrected chi connectivity index (χ2v) is 9.31. The third-order valence-corrected chi connectivity index (χ3v) is 7.03. The number of thiophene rings is 1. The summed E-state index contributed by atoms with van der Waals surface area (Å²) in [6, 6.07) is 7.53. The van der Waals surface area contributed by atoms with E-state index in [1.807, 2.05) is 38.1 Å². The van der Waals surface area contributed by atoms with Crippen LogP contribution in [0.15, 0.2) is 30.6 Å². The van der Waals surface area contributed by atoms with Crippen LogP contribution in [0.4, 0.5) is 16.3 Å². The summed E-state index contributed by atoms with van der Waals surface area (Å²) in [5.41, 5.74) is 2.79. The molecule has 2 aromatic heterocycles. The predicted molar refractivity (Wildman–Crippen MR) is 131 cm³/mol. The maximum atomic E-state index is 12.4. The van der Waals surface area contributed by atoms with Crippen LogP contribution in [0.2, 0.25) is 0 Å². The highest BCUT2D eigenvalue weighted by molar-refractivity contribution is 7.20. The first-order chi connectivity index (χ1) is 16.0. The van der Waals surface area contributed by atoms with Crippen molar-refractivity contribution < 1.29 is 14.3 Å². The van der Waals surface area contributed by atoms with Crippen molar-refractivity contribution in [2.24, 2.45) is 5.92 Å². The Morgan fingerprint density at radius 2 is 2.00 bits per heavy atom. The fourth-order valence-corrected chi connectivity index (χ4v) is 5.19. The molecule has 2 amide bonds. The number of amides is 2. The SMILES string of the molecule is CCOC(=O)c1sc2ncnc(N3CCCC(CNC(=O)Nc4ccc(C)cc4)C3)c2c1C. The summed E-state index contributed by atoms with van der Waals surface area (Å²) in [6.45, 7) is 8.32. The molecule has 0 radical (unpaired) electrons. The van der Waals surface area contributed by atoms with E-state index < -0.39 is 0 Å². The molecule has 1 aliphatic heterocycles. The van der Waals surface area contributed by atoms with E-state index in [0.717, 1.165) is 58.8 Å². The number of aromatic nitrogens is 2. The lowest BCUT2D eigenvalue weighted by atomic mass is 9.97. The summed E-state index contributed by atoms with van der Waals surface area (Å²) in [5.74, 6) is 0.832. The number of nitrogens with zero attached hydrogens (tertiary/aromatic N) is 3. The van der Waals surface area contributed by atoms with Crippen LogP contribution in [0.25, 0.3) is 10.2 Å². The number of hydrogen-bond acceptors (Lipinski definition) is 7. The monoisotopic (exact) mass is 467 g/mol. The third kappa shape index (κ3) is 5.24. The molecule has 174 valence electrons. The zero-order chi connectivity index (χ0) is 23.4. The highest BCUT2D eigenvalue weighted by atomic mass is 32.1. The number of hydrogen-bond donors (Lipinski definition) is 2. The first-order valence-corrected chi connectivity index (χ1v) is 12.1. The number of fused-ring (bicyclic) bond motifs is 1. The maximum absolute atomic E-state index is 12.4. The van der Waals surface area contributed by atoms with E-state index in [1.165, 1.54) is 11.3 Å². The van der Waals surface area contributed by atoms with Gasteiger partial charge in [0, 0.05) is 25.3 Å². The molecule has 33 heavy (non-hydrogen) atoms. The van der Waals surface area contributed by atoms with Crippen molar-refractivity contribution in [2.45, 2.75) is 33.6 Å². The number of nitrogens with one attached hydrogen (secondary N) is 2. The highest BCUT2D eigenvalue weighted by Crippen LogP contribution is 2.36. The third-order valence-electron chi connectivity index (χ3n) is 5.85. The predicted octanol–water partition coefficient (Wildman–Crippen LogP) is 4.52. The second-order valence-electron chi connectivity index (χ2n) is 8.31. The Balaban J connectivity index is 1.43. The molecule has 1 aliphatic rings. The average molecular weight is 468 g/mol. The lowest BCUT2D eigenvalue weighted by Gasteiger charge is -2.34. The summed E-state index contributed by atoms with van der Waals surface area (Å²) in [6.07, 6.45) is 3.59. The molecular weight excluding hydrogens is 438 g/mol. The number of piperidine rings is 1. The van der Waals surface area contributed by atoms with Gasteiger partial charge in [-0.2, -0.15) is 0 Å². The average Bonchev–Trinajstić information content (AvgIpc) is 3.16. The van der Waals surface area contributed by atoms with Gasteiger partial charge in [0.1, 0.15) is 21.9 Å². The highest BCUT2D eigenvalue weighted by Gasteiger charge is 2.26. The molecule has 0 spiro atoms. The fraction of sp³-hybridized carbons (Fsp3) is 0.417. The van der Waals surface area contributed by atoms with E-state index in [1.54, 1.807) is 13.3 Å². The molecule has 0 bridgehead atoms. The van der Waals surface area contributed by atoms with Crippen LogP contribution >= 0.6 is 11.3 Å². The van der Waals surface area contributed by atoms with Crippen LogP contribution in [0.5, 0.6) is 0 Å². The normalized spacial score (nSPS) is 16.0. The van der Waals surface area contributed by atoms with Crippen molar-refractivity contribution in [3.05, 3.63) is 46.6 Å². The number of ether oxygens (including phenoxy) is 1. The van der Waals surface area contributed by atoms with E-state index in [2.05, 4.69) is 25.5 Å². The first kappa shape index (κ1) is 23.0. The van der Waals surface area contributed by atoms with Gasteiger partial charge >= 0.3 is 12.0 Å². The van der Waals surface area contributed by atoms with Crippen LogP contribution in [-0.4, -0.2) is 48.2 Å². The largest absolute Gasteiger partial charge is 0.462 e. The molecule has 3 aromatic rings. The van der Waals surface area contributed by atoms with E-state index in [9.17, 15) is 9.59 Å². The molecule has 0 saturated carbocycles. The Morgan fingerprint density at radius 1 is 1.21 bits per heavy atom. The molecule has 2 N–H and O–H groups in total. The number of carbonyl (C=O) groups excluding carboxylic acids is 2.